The van der Waals surface area contributed by atoms with Crippen molar-refractivity contribution >= 4 is 11.6 Å². The van der Waals surface area contributed by atoms with E-state index in [-0.39, 0.29) is 11.4 Å². The molecule has 0 bridgehead atoms. The van der Waals surface area contributed by atoms with Crippen molar-refractivity contribution in [1.29, 1.82) is 0 Å². The molecule has 0 atom stereocenters. The third kappa shape index (κ3) is 2.22. The zero-order valence-corrected chi connectivity index (χ0v) is 6.97. The molecule has 0 radical (unpaired) electrons. The molecule has 0 aliphatic carbocycles. The van der Waals surface area contributed by atoms with Crippen LogP contribution in [0.3, 0.4) is 0 Å². The molecule has 0 unspecified atom stereocenters. The van der Waals surface area contributed by atoms with E-state index in [0.29, 0.717) is 0 Å². The monoisotopic (exact) mass is 180 g/mol. The van der Waals surface area contributed by atoms with Gasteiger partial charge in [-0.25, -0.2) is 0 Å². The molecule has 13 heavy (non-hydrogen) atoms. The lowest BCUT2D eigenvalue weighted by atomic mass is 10.3. The first-order valence-corrected chi connectivity index (χ1v) is 3.43. The fraction of sp³-hybridized carbons (Fsp3) is 0.143. The lowest BCUT2D eigenvalue weighted by Gasteiger charge is -1.98. The van der Waals surface area contributed by atoms with Crippen molar-refractivity contribution in [1.82, 2.24) is 9.97 Å². The predicted octanol–water partition coefficient (Wildman–Crippen LogP) is -0.688. The molecule has 1 amide bonds. The number of amides is 1. The van der Waals surface area contributed by atoms with Gasteiger partial charge in [0.1, 0.15) is 12.8 Å². The van der Waals surface area contributed by atoms with E-state index in [9.17, 15) is 4.79 Å². The van der Waals surface area contributed by atoms with Crippen LogP contribution in [0.25, 0.3) is 0 Å². The molecular weight excluding hydrogens is 172 g/mol. The molecule has 6 nitrogen and oxygen atoms in total. The number of aromatic nitrogens is 2. The van der Waals surface area contributed by atoms with E-state index in [1.54, 1.807) is 0 Å². The van der Waals surface area contributed by atoms with Crippen molar-refractivity contribution in [3.05, 3.63) is 24.3 Å². The van der Waals surface area contributed by atoms with Gasteiger partial charge in [-0.15, -0.1) is 0 Å². The molecule has 1 rings (SSSR count). The van der Waals surface area contributed by atoms with Crippen molar-refractivity contribution < 1.29 is 9.63 Å². The highest BCUT2D eigenvalue weighted by atomic mass is 16.6. The van der Waals surface area contributed by atoms with Crippen LogP contribution in [0.1, 0.15) is 5.69 Å². The van der Waals surface area contributed by atoms with E-state index in [2.05, 4.69) is 20.0 Å². The summed E-state index contributed by atoms with van der Waals surface area (Å²) in [6.45, 7) is 0. The number of nitrogens with zero attached hydrogens (tertiary/aromatic N) is 3. The molecule has 1 heterocycles. The fourth-order valence-electron chi connectivity index (χ4n) is 0.731. The lowest BCUT2D eigenvalue weighted by molar-refractivity contribution is -0.112. The van der Waals surface area contributed by atoms with Crippen molar-refractivity contribution in [3.8, 4) is 0 Å². The SMILES string of the molecule is CON=C(C(N)=O)c1cnccn1. The van der Waals surface area contributed by atoms with Gasteiger partial charge in [-0.2, -0.15) is 0 Å². The summed E-state index contributed by atoms with van der Waals surface area (Å²) < 4.78 is 0. The third-order valence-electron chi connectivity index (χ3n) is 1.22. The summed E-state index contributed by atoms with van der Waals surface area (Å²) in [6.07, 6.45) is 4.29. The van der Waals surface area contributed by atoms with Crippen LogP contribution in [-0.2, 0) is 9.63 Å². The number of rotatable bonds is 3. The minimum absolute atomic E-state index is 0.0457. The number of primary amides is 1. The van der Waals surface area contributed by atoms with Gasteiger partial charge in [-0.05, 0) is 0 Å². The van der Waals surface area contributed by atoms with Crippen molar-refractivity contribution in [2.75, 3.05) is 7.11 Å². The quantitative estimate of drug-likeness (QED) is 0.492. The average Bonchev–Trinajstić information content (AvgIpc) is 2.15. The summed E-state index contributed by atoms with van der Waals surface area (Å²) in [5, 5.41) is 3.43. The van der Waals surface area contributed by atoms with Gasteiger partial charge in [0.05, 0.1) is 6.20 Å². The number of hydrogen-bond donors (Lipinski definition) is 1. The summed E-state index contributed by atoms with van der Waals surface area (Å²) in [5.41, 5.74) is 5.28. The molecule has 1 aromatic heterocycles. The van der Waals surface area contributed by atoms with Crippen LogP contribution in [0.15, 0.2) is 23.7 Å². The number of nitrogens with two attached hydrogens (primary N) is 1. The van der Waals surface area contributed by atoms with Crippen LogP contribution in [0.4, 0.5) is 0 Å². The average molecular weight is 180 g/mol. The fourth-order valence-corrected chi connectivity index (χ4v) is 0.731. The highest BCUT2D eigenvalue weighted by Gasteiger charge is 2.12. The van der Waals surface area contributed by atoms with E-state index in [0.717, 1.165) is 0 Å². The minimum Gasteiger partial charge on any atom is -0.398 e. The van der Waals surface area contributed by atoms with E-state index in [4.69, 9.17) is 5.73 Å². The van der Waals surface area contributed by atoms with E-state index in [1.807, 2.05) is 0 Å². The minimum atomic E-state index is -0.706. The molecule has 6 heteroatoms. The van der Waals surface area contributed by atoms with Gasteiger partial charge in [0.25, 0.3) is 5.91 Å². The molecular formula is C7H8N4O2. The highest BCUT2D eigenvalue weighted by Crippen LogP contribution is 1.94. The number of hydrogen-bond acceptors (Lipinski definition) is 5. The third-order valence-corrected chi connectivity index (χ3v) is 1.22. The van der Waals surface area contributed by atoms with Crippen molar-refractivity contribution in [2.45, 2.75) is 0 Å². The largest absolute Gasteiger partial charge is 0.398 e. The van der Waals surface area contributed by atoms with Gasteiger partial charge in [-0.1, -0.05) is 5.16 Å². The Morgan fingerprint density at radius 2 is 2.38 bits per heavy atom. The van der Waals surface area contributed by atoms with Crippen LogP contribution < -0.4 is 5.73 Å². The van der Waals surface area contributed by atoms with Crippen LogP contribution in [0.5, 0.6) is 0 Å². The molecule has 2 N–H and O–H groups in total. The van der Waals surface area contributed by atoms with Crippen molar-refractivity contribution in [3.63, 3.8) is 0 Å². The number of oxime groups is 1. The molecule has 0 aromatic carbocycles. The molecule has 0 fully saturated rings. The molecule has 0 saturated carbocycles. The van der Waals surface area contributed by atoms with Gasteiger partial charge >= 0.3 is 0 Å². The maximum atomic E-state index is 10.8. The first-order valence-electron chi connectivity index (χ1n) is 3.43. The molecule has 1 aromatic rings. The maximum Gasteiger partial charge on any atom is 0.273 e. The van der Waals surface area contributed by atoms with Crippen LogP contribution >= 0.6 is 0 Å². The zero-order chi connectivity index (χ0) is 9.68. The van der Waals surface area contributed by atoms with Gasteiger partial charge in [-0.3, -0.25) is 14.8 Å². The Morgan fingerprint density at radius 3 is 2.85 bits per heavy atom. The summed E-state index contributed by atoms with van der Waals surface area (Å²) in [6, 6.07) is 0. The lowest BCUT2D eigenvalue weighted by Crippen LogP contribution is -2.25. The van der Waals surface area contributed by atoms with Crippen LogP contribution in [-0.4, -0.2) is 28.7 Å². The maximum absolute atomic E-state index is 10.8. The highest BCUT2D eigenvalue weighted by molar-refractivity contribution is 6.44. The van der Waals surface area contributed by atoms with E-state index >= 15 is 0 Å². The Kier molecular flexibility index (Phi) is 2.91. The molecule has 0 aliphatic rings. The second-order valence-electron chi connectivity index (χ2n) is 2.08. The van der Waals surface area contributed by atoms with Gasteiger partial charge in [0.15, 0.2) is 5.71 Å². The normalized spacial score (nSPS) is 11.0. The molecule has 0 saturated heterocycles. The number of carbonyl (C=O) groups excluding carboxylic acids is 1. The molecule has 0 aliphatic heterocycles. The summed E-state index contributed by atoms with van der Waals surface area (Å²) in [5.74, 6) is -0.706. The Hall–Kier alpha value is -1.98. The standard InChI is InChI=1S/C7H8N4O2/c1-13-11-6(7(8)12)5-4-9-2-3-10-5/h2-4H,1H3,(H2,8,12). The number of carbonyl (C=O) groups is 1. The smallest absolute Gasteiger partial charge is 0.273 e. The topological polar surface area (TPSA) is 90.5 Å². The Labute approximate surface area is 74.4 Å². The first kappa shape index (κ1) is 9.11. The first-order chi connectivity index (χ1) is 6.25. The summed E-state index contributed by atoms with van der Waals surface area (Å²) in [7, 11) is 1.32. The van der Waals surface area contributed by atoms with Gasteiger partial charge in [0, 0.05) is 12.4 Å². The summed E-state index contributed by atoms with van der Waals surface area (Å²) in [4.78, 5) is 22.9. The van der Waals surface area contributed by atoms with Gasteiger partial charge in [0.2, 0.25) is 0 Å². The van der Waals surface area contributed by atoms with Crippen molar-refractivity contribution in [2.24, 2.45) is 10.9 Å². The second kappa shape index (κ2) is 4.15. The van der Waals surface area contributed by atoms with Crippen LogP contribution in [0, 0.1) is 0 Å². The Morgan fingerprint density at radius 1 is 1.62 bits per heavy atom. The van der Waals surface area contributed by atoms with E-state index < -0.39 is 5.91 Å². The zero-order valence-electron chi connectivity index (χ0n) is 6.97. The van der Waals surface area contributed by atoms with Crippen LogP contribution in [0.2, 0.25) is 0 Å². The molecule has 0 spiro atoms. The summed E-state index contributed by atoms with van der Waals surface area (Å²) >= 11 is 0. The van der Waals surface area contributed by atoms with Gasteiger partial charge < -0.3 is 10.6 Å². The molecule has 68 valence electrons. The second-order valence-corrected chi connectivity index (χ2v) is 2.08. The Balaban J connectivity index is 3.03. The predicted molar refractivity (Wildman–Crippen MR) is 44.8 cm³/mol. The Bertz CT molecular complexity index is 323. The van der Waals surface area contributed by atoms with E-state index in [1.165, 1.54) is 25.7 Å².